The number of hydrogen-bond donors (Lipinski definition) is 2. The minimum atomic E-state index is -0.402. The van der Waals surface area contributed by atoms with E-state index in [0.717, 1.165) is 48.4 Å². The number of rotatable bonds is 7. The number of nitrogens with zero attached hydrogens (tertiary/aromatic N) is 2. The molecule has 37 heavy (non-hydrogen) atoms. The smallest absolute Gasteiger partial charge is 0.348 e. The van der Waals surface area contributed by atoms with Gasteiger partial charge in [0, 0.05) is 17.1 Å². The second kappa shape index (κ2) is 11.0. The van der Waals surface area contributed by atoms with E-state index in [4.69, 9.17) is 4.74 Å². The van der Waals surface area contributed by atoms with E-state index in [1.807, 2.05) is 42.5 Å². The Labute approximate surface area is 218 Å². The van der Waals surface area contributed by atoms with Crippen molar-refractivity contribution in [2.45, 2.75) is 51.7 Å². The predicted molar refractivity (Wildman–Crippen MR) is 146 cm³/mol. The molecule has 2 aromatic carbocycles. The third kappa shape index (κ3) is 5.72. The maximum Gasteiger partial charge on any atom is 0.348 e. The summed E-state index contributed by atoms with van der Waals surface area (Å²) in [6.07, 6.45) is 6.33. The van der Waals surface area contributed by atoms with Gasteiger partial charge in [-0.2, -0.15) is 0 Å². The lowest BCUT2D eigenvalue weighted by Crippen LogP contribution is -2.28. The lowest BCUT2D eigenvalue weighted by molar-refractivity contribution is -0.116. The molecule has 0 unspecified atom stereocenters. The molecule has 0 saturated heterocycles. The summed E-state index contributed by atoms with van der Waals surface area (Å²) in [6, 6.07) is 17.1. The number of esters is 1. The highest BCUT2D eigenvalue weighted by Crippen LogP contribution is 2.29. The fraction of sp³-hybridized carbons (Fsp3) is 0.286. The Balaban J connectivity index is 1.26. The number of fused-ring (bicyclic) bond motifs is 1. The van der Waals surface area contributed by atoms with Crippen LogP contribution in [0.4, 0.5) is 17.1 Å². The zero-order valence-electron chi connectivity index (χ0n) is 20.5. The first kappa shape index (κ1) is 24.7. The zero-order valence-corrected chi connectivity index (χ0v) is 21.3. The molecule has 1 fully saturated rings. The number of amides is 1. The van der Waals surface area contributed by atoms with E-state index in [9.17, 15) is 14.4 Å². The lowest BCUT2D eigenvalue weighted by Gasteiger charge is -2.21. The van der Waals surface area contributed by atoms with Crippen LogP contribution in [0.5, 0.6) is 0 Å². The Morgan fingerprint density at radius 2 is 1.68 bits per heavy atom. The van der Waals surface area contributed by atoms with E-state index < -0.39 is 5.97 Å². The number of anilines is 3. The molecule has 0 atom stereocenters. The normalized spacial score (nSPS) is 13.9. The number of carbonyl (C=O) groups is 2. The first-order valence-corrected chi connectivity index (χ1v) is 13.2. The topological polar surface area (TPSA) is 102 Å². The number of hydrogen-bond acceptors (Lipinski definition) is 7. The summed E-state index contributed by atoms with van der Waals surface area (Å²) in [5.41, 5.74) is 2.67. The second-order valence-electron chi connectivity index (χ2n) is 9.20. The van der Waals surface area contributed by atoms with Crippen molar-refractivity contribution in [3.63, 3.8) is 0 Å². The van der Waals surface area contributed by atoms with Crippen LogP contribution in [-0.2, 0) is 16.1 Å². The van der Waals surface area contributed by atoms with Crippen LogP contribution in [-0.4, -0.2) is 27.5 Å². The first-order chi connectivity index (χ1) is 18.0. The van der Waals surface area contributed by atoms with Gasteiger partial charge in [0.05, 0.1) is 11.7 Å². The van der Waals surface area contributed by atoms with Crippen molar-refractivity contribution in [1.29, 1.82) is 0 Å². The van der Waals surface area contributed by atoms with Crippen molar-refractivity contribution >= 4 is 50.5 Å². The molecule has 1 aliphatic carbocycles. The molecule has 2 aromatic heterocycles. The summed E-state index contributed by atoms with van der Waals surface area (Å²) in [5.74, 6) is -0.752. The van der Waals surface area contributed by atoms with Crippen molar-refractivity contribution < 1.29 is 14.3 Å². The van der Waals surface area contributed by atoms with Crippen LogP contribution in [0, 0.1) is 6.92 Å². The Kier molecular flexibility index (Phi) is 7.32. The number of ether oxygens (including phenoxy) is 1. The number of benzene rings is 2. The molecule has 1 saturated carbocycles. The van der Waals surface area contributed by atoms with Crippen LogP contribution < -0.4 is 16.2 Å². The molecule has 4 aromatic rings. The number of aromatic nitrogens is 2. The quantitative estimate of drug-likeness (QED) is 0.308. The molecule has 1 aliphatic rings. The zero-order chi connectivity index (χ0) is 25.8. The minimum absolute atomic E-state index is 0.0673. The number of thiophene rings is 1. The van der Waals surface area contributed by atoms with Gasteiger partial charge in [0.25, 0.3) is 5.56 Å². The average Bonchev–Trinajstić information content (AvgIpc) is 3.25. The minimum Gasteiger partial charge on any atom is -0.458 e. The molecule has 0 spiro atoms. The predicted octanol–water partition coefficient (Wildman–Crippen LogP) is 5.64. The van der Waals surface area contributed by atoms with Crippen LogP contribution >= 0.6 is 11.3 Å². The van der Waals surface area contributed by atoms with E-state index in [-0.39, 0.29) is 24.1 Å². The van der Waals surface area contributed by atoms with Gasteiger partial charge in [-0.3, -0.25) is 14.2 Å². The van der Waals surface area contributed by atoms with Gasteiger partial charge in [-0.05, 0) is 74.6 Å². The average molecular weight is 517 g/mol. The highest BCUT2D eigenvalue weighted by Gasteiger charge is 2.24. The van der Waals surface area contributed by atoms with Gasteiger partial charge in [-0.25, -0.2) is 9.78 Å². The SMILES string of the molecule is Cc1c(C(=O)OC2CCCCC2)sc2ncn(CC(=O)Nc3ccc(Nc4ccccc4)cc3)c(=O)c12. The van der Waals surface area contributed by atoms with E-state index in [1.54, 1.807) is 19.1 Å². The summed E-state index contributed by atoms with van der Waals surface area (Å²) in [7, 11) is 0. The van der Waals surface area contributed by atoms with E-state index in [1.165, 1.54) is 17.3 Å². The van der Waals surface area contributed by atoms with Crippen LogP contribution in [0.1, 0.15) is 47.3 Å². The third-order valence-corrected chi connectivity index (χ3v) is 7.65. The molecule has 1 amide bonds. The van der Waals surface area contributed by atoms with Gasteiger partial charge < -0.3 is 15.4 Å². The van der Waals surface area contributed by atoms with Crippen molar-refractivity contribution in [3.8, 4) is 0 Å². The van der Waals surface area contributed by atoms with Crippen molar-refractivity contribution in [1.82, 2.24) is 9.55 Å². The largest absolute Gasteiger partial charge is 0.458 e. The van der Waals surface area contributed by atoms with Crippen molar-refractivity contribution in [2.75, 3.05) is 10.6 Å². The number of carbonyl (C=O) groups excluding carboxylic acids is 2. The Hall–Kier alpha value is -3.98. The van der Waals surface area contributed by atoms with E-state index in [0.29, 0.717) is 26.3 Å². The summed E-state index contributed by atoms with van der Waals surface area (Å²) in [5, 5.41) is 6.46. The molecule has 0 aliphatic heterocycles. The fourth-order valence-corrected chi connectivity index (χ4v) is 5.56. The van der Waals surface area contributed by atoms with Crippen LogP contribution in [0.15, 0.2) is 65.7 Å². The molecule has 190 valence electrons. The number of nitrogens with one attached hydrogen (secondary N) is 2. The van der Waals surface area contributed by atoms with Gasteiger partial charge in [0.15, 0.2) is 0 Å². The molecule has 8 nitrogen and oxygen atoms in total. The third-order valence-electron chi connectivity index (χ3n) is 6.47. The van der Waals surface area contributed by atoms with Crippen LogP contribution in [0.2, 0.25) is 0 Å². The first-order valence-electron chi connectivity index (χ1n) is 12.4. The maximum atomic E-state index is 13.2. The monoisotopic (exact) mass is 516 g/mol. The molecular weight excluding hydrogens is 488 g/mol. The van der Waals surface area contributed by atoms with Gasteiger partial charge in [0.1, 0.15) is 22.4 Å². The Morgan fingerprint density at radius 3 is 2.41 bits per heavy atom. The molecule has 5 rings (SSSR count). The van der Waals surface area contributed by atoms with Gasteiger partial charge in [-0.1, -0.05) is 24.6 Å². The van der Waals surface area contributed by atoms with Crippen LogP contribution in [0.3, 0.4) is 0 Å². The second-order valence-corrected chi connectivity index (χ2v) is 10.2. The summed E-state index contributed by atoms with van der Waals surface area (Å²) in [4.78, 5) is 43.9. The van der Waals surface area contributed by atoms with Gasteiger partial charge >= 0.3 is 5.97 Å². The lowest BCUT2D eigenvalue weighted by atomic mass is 9.98. The summed E-state index contributed by atoms with van der Waals surface area (Å²) in [6.45, 7) is 1.54. The standard InChI is InChI=1S/C28H28N4O4S/c1-18-24-26(37-25(18)28(35)36-22-10-6-3-7-11-22)29-17-32(27(24)34)16-23(33)31-21-14-12-20(13-15-21)30-19-8-4-2-5-9-19/h2,4-5,8-9,12-15,17,22,30H,3,6-7,10-11,16H2,1H3,(H,31,33). The molecule has 2 N–H and O–H groups in total. The van der Waals surface area contributed by atoms with Gasteiger partial charge in [0.2, 0.25) is 5.91 Å². The summed E-state index contributed by atoms with van der Waals surface area (Å²) >= 11 is 1.16. The molecule has 2 heterocycles. The molecule has 0 bridgehead atoms. The number of para-hydroxylation sites is 1. The van der Waals surface area contributed by atoms with Crippen molar-refractivity contribution in [2.24, 2.45) is 0 Å². The Morgan fingerprint density at radius 1 is 1.00 bits per heavy atom. The van der Waals surface area contributed by atoms with E-state index in [2.05, 4.69) is 15.6 Å². The van der Waals surface area contributed by atoms with E-state index >= 15 is 0 Å². The number of aryl methyl sites for hydroxylation is 1. The molecule has 0 radical (unpaired) electrons. The van der Waals surface area contributed by atoms with Crippen LogP contribution in [0.25, 0.3) is 10.2 Å². The highest BCUT2D eigenvalue weighted by atomic mass is 32.1. The fourth-order valence-electron chi connectivity index (χ4n) is 4.53. The highest BCUT2D eigenvalue weighted by molar-refractivity contribution is 7.20. The molecule has 9 heteroatoms. The van der Waals surface area contributed by atoms with Crippen molar-refractivity contribution in [3.05, 3.63) is 81.7 Å². The molecular formula is C28H28N4O4S. The van der Waals surface area contributed by atoms with Gasteiger partial charge in [-0.15, -0.1) is 11.3 Å². The maximum absolute atomic E-state index is 13.2. The Bertz CT molecular complexity index is 1470. The summed E-state index contributed by atoms with van der Waals surface area (Å²) < 4.78 is 6.96.